The van der Waals surface area contributed by atoms with Crippen molar-refractivity contribution in [3.63, 3.8) is 0 Å². The predicted octanol–water partition coefficient (Wildman–Crippen LogP) is 3.29. The lowest BCUT2D eigenvalue weighted by atomic mass is 10.1. The Labute approximate surface area is 142 Å². The van der Waals surface area contributed by atoms with E-state index in [-0.39, 0.29) is 18.6 Å². The van der Waals surface area contributed by atoms with Crippen molar-refractivity contribution >= 4 is 11.9 Å². The molecule has 24 heavy (non-hydrogen) atoms. The molecule has 0 spiro atoms. The highest BCUT2D eigenvalue weighted by Crippen LogP contribution is 2.08. The van der Waals surface area contributed by atoms with E-state index in [0.29, 0.717) is 5.56 Å². The van der Waals surface area contributed by atoms with Gasteiger partial charge in [0.15, 0.2) is 6.61 Å². The van der Waals surface area contributed by atoms with Crippen LogP contribution in [-0.2, 0) is 16.0 Å². The lowest BCUT2D eigenvalue weighted by molar-refractivity contribution is -0.124. The van der Waals surface area contributed by atoms with Crippen LogP contribution in [0.25, 0.3) is 0 Å². The molecule has 1 atom stereocenters. The number of benzene rings is 2. The highest BCUT2D eigenvalue weighted by molar-refractivity contribution is 5.92. The predicted molar refractivity (Wildman–Crippen MR) is 93.8 cm³/mol. The fraction of sp³-hybridized carbons (Fsp3) is 0.300. The van der Waals surface area contributed by atoms with Gasteiger partial charge in [-0.05, 0) is 43.9 Å². The van der Waals surface area contributed by atoms with Crippen LogP contribution in [0.5, 0.6) is 0 Å². The molecule has 2 rings (SSSR count). The van der Waals surface area contributed by atoms with E-state index < -0.39 is 5.97 Å². The number of hydrogen-bond donors (Lipinski definition) is 1. The van der Waals surface area contributed by atoms with Crippen molar-refractivity contribution in [1.82, 2.24) is 5.32 Å². The van der Waals surface area contributed by atoms with E-state index in [0.717, 1.165) is 18.4 Å². The Morgan fingerprint density at radius 3 is 2.42 bits per heavy atom. The summed E-state index contributed by atoms with van der Waals surface area (Å²) in [5.74, 6) is -0.752. The second kappa shape index (κ2) is 8.87. The number of carbonyl (C=O) groups is 2. The molecular formula is C20H23NO3. The lowest BCUT2D eigenvalue weighted by Gasteiger charge is -2.14. The minimum atomic E-state index is -0.472. The summed E-state index contributed by atoms with van der Waals surface area (Å²) < 4.78 is 5.08. The number of nitrogens with one attached hydrogen (secondary N) is 1. The molecule has 0 fully saturated rings. The van der Waals surface area contributed by atoms with Gasteiger partial charge in [0.1, 0.15) is 0 Å². The van der Waals surface area contributed by atoms with Gasteiger partial charge in [0.25, 0.3) is 5.91 Å². The number of esters is 1. The molecule has 0 aliphatic rings. The normalized spacial score (nSPS) is 11.6. The number of amides is 1. The molecule has 0 radical (unpaired) electrons. The van der Waals surface area contributed by atoms with Crippen molar-refractivity contribution in [2.75, 3.05) is 6.61 Å². The van der Waals surface area contributed by atoms with Crippen LogP contribution in [0, 0.1) is 6.92 Å². The van der Waals surface area contributed by atoms with Gasteiger partial charge in [-0.25, -0.2) is 4.79 Å². The summed E-state index contributed by atoms with van der Waals surface area (Å²) in [6.07, 6.45) is 1.73. The Morgan fingerprint density at radius 1 is 1.04 bits per heavy atom. The van der Waals surface area contributed by atoms with Gasteiger partial charge in [-0.1, -0.05) is 48.5 Å². The second-order valence-electron chi connectivity index (χ2n) is 5.88. The van der Waals surface area contributed by atoms with Crippen molar-refractivity contribution in [2.45, 2.75) is 32.7 Å². The van der Waals surface area contributed by atoms with Crippen LogP contribution in [0.2, 0.25) is 0 Å². The van der Waals surface area contributed by atoms with E-state index in [4.69, 9.17) is 4.74 Å². The molecule has 0 aliphatic carbocycles. The number of rotatable bonds is 7. The maximum Gasteiger partial charge on any atom is 0.338 e. The van der Waals surface area contributed by atoms with Crippen molar-refractivity contribution < 1.29 is 14.3 Å². The van der Waals surface area contributed by atoms with Crippen LogP contribution in [0.15, 0.2) is 54.6 Å². The maximum absolute atomic E-state index is 12.0. The molecule has 0 unspecified atom stereocenters. The third-order valence-electron chi connectivity index (χ3n) is 3.82. The van der Waals surface area contributed by atoms with Gasteiger partial charge < -0.3 is 10.1 Å². The molecule has 1 amide bonds. The summed E-state index contributed by atoms with van der Waals surface area (Å²) >= 11 is 0. The average Bonchev–Trinajstić information content (AvgIpc) is 2.59. The Kier molecular flexibility index (Phi) is 6.55. The van der Waals surface area contributed by atoms with E-state index in [9.17, 15) is 9.59 Å². The fourth-order valence-corrected chi connectivity index (χ4v) is 2.43. The van der Waals surface area contributed by atoms with Crippen LogP contribution >= 0.6 is 0 Å². The molecule has 2 aromatic carbocycles. The molecule has 0 aromatic heterocycles. The quantitative estimate of drug-likeness (QED) is 0.795. The summed E-state index contributed by atoms with van der Waals surface area (Å²) in [4.78, 5) is 23.9. The minimum Gasteiger partial charge on any atom is -0.452 e. The Bertz CT molecular complexity index is 682. The van der Waals surface area contributed by atoms with Crippen LogP contribution in [0.3, 0.4) is 0 Å². The topological polar surface area (TPSA) is 55.4 Å². The minimum absolute atomic E-state index is 0.0230. The Hall–Kier alpha value is -2.62. The largest absolute Gasteiger partial charge is 0.452 e. The third kappa shape index (κ3) is 5.54. The molecule has 0 bridgehead atoms. The van der Waals surface area contributed by atoms with Crippen LogP contribution < -0.4 is 5.32 Å². The average molecular weight is 325 g/mol. The molecule has 4 nitrogen and oxygen atoms in total. The van der Waals surface area contributed by atoms with E-state index in [2.05, 4.69) is 17.4 Å². The van der Waals surface area contributed by atoms with Crippen molar-refractivity contribution in [2.24, 2.45) is 0 Å². The highest BCUT2D eigenvalue weighted by atomic mass is 16.5. The summed E-state index contributed by atoms with van der Waals surface area (Å²) in [6, 6.07) is 17.3. The summed E-state index contributed by atoms with van der Waals surface area (Å²) in [5.41, 5.74) is 2.56. The highest BCUT2D eigenvalue weighted by Gasteiger charge is 2.13. The number of aryl methyl sites for hydroxylation is 2. The zero-order valence-corrected chi connectivity index (χ0v) is 14.1. The van der Waals surface area contributed by atoms with Gasteiger partial charge in [-0.15, -0.1) is 0 Å². The van der Waals surface area contributed by atoms with E-state index in [1.54, 1.807) is 12.1 Å². The van der Waals surface area contributed by atoms with Crippen LogP contribution in [0.1, 0.15) is 34.8 Å². The van der Waals surface area contributed by atoms with Crippen molar-refractivity contribution in [1.29, 1.82) is 0 Å². The molecule has 4 heteroatoms. The van der Waals surface area contributed by atoms with Crippen molar-refractivity contribution in [3.8, 4) is 0 Å². The summed E-state index contributed by atoms with van der Waals surface area (Å²) in [7, 11) is 0. The zero-order chi connectivity index (χ0) is 17.4. The monoisotopic (exact) mass is 325 g/mol. The summed E-state index contributed by atoms with van der Waals surface area (Å²) in [6.45, 7) is 3.52. The first-order chi connectivity index (χ1) is 11.6. The molecule has 126 valence electrons. The van der Waals surface area contributed by atoms with Crippen molar-refractivity contribution in [3.05, 3.63) is 71.3 Å². The molecule has 0 saturated carbocycles. The van der Waals surface area contributed by atoms with Gasteiger partial charge in [0, 0.05) is 6.04 Å². The smallest absolute Gasteiger partial charge is 0.338 e. The SMILES string of the molecule is Cc1ccccc1C(=O)OCC(=O)N[C@@H](C)CCc1ccccc1. The molecule has 1 N–H and O–H groups in total. The first-order valence-electron chi connectivity index (χ1n) is 8.12. The fourth-order valence-electron chi connectivity index (χ4n) is 2.43. The molecule has 2 aromatic rings. The van der Waals surface area contributed by atoms with Gasteiger partial charge in [-0.3, -0.25) is 4.79 Å². The second-order valence-corrected chi connectivity index (χ2v) is 5.88. The van der Waals surface area contributed by atoms with Gasteiger partial charge >= 0.3 is 5.97 Å². The number of ether oxygens (including phenoxy) is 1. The molecule has 0 saturated heterocycles. The molecule has 0 heterocycles. The zero-order valence-electron chi connectivity index (χ0n) is 14.1. The van der Waals surface area contributed by atoms with Crippen LogP contribution in [0.4, 0.5) is 0 Å². The maximum atomic E-state index is 12.0. The van der Waals surface area contributed by atoms with E-state index in [1.807, 2.05) is 44.2 Å². The van der Waals surface area contributed by atoms with Crippen LogP contribution in [-0.4, -0.2) is 24.5 Å². The Balaban J connectivity index is 1.72. The standard InChI is InChI=1S/C20H23NO3/c1-15-8-6-7-11-18(15)20(23)24-14-19(22)21-16(2)12-13-17-9-4-3-5-10-17/h3-11,16H,12-14H2,1-2H3,(H,21,22)/t16-/m0/s1. The van der Waals surface area contributed by atoms with Gasteiger partial charge in [0.2, 0.25) is 0 Å². The number of carbonyl (C=O) groups excluding carboxylic acids is 2. The Morgan fingerprint density at radius 2 is 1.71 bits per heavy atom. The van der Waals surface area contributed by atoms with E-state index >= 15 is 0 Å². The van der Waals surface area contributed by atoms with Gasteiger partial charge in [-0.2, -0.15) is 0 Å². The molecular weight excluding hydrogens is 302 g/mol. The molecule has 0 aliphatic heterocycles. The first-order valence-corrected chi connectivity index (χ1v) is 8.12. The van der Waals surface area contributed by atoms with Gasteiger partial charge in [0.05, 0.1) is 5.56 Å². The van der Waals surface area contributed by atoms with E-state index in [1.165, 1.54) is 5.56 Å². The number of hydrogen-bond acceptors (Lipinski definition) is 3. The lowest BCUT2D eigenvalue weighted by Crippen LogP contribution is -2.36. The first kappa shape index (κ1) is 17.7. The third-order valence-corrected chi connectivity index (χ3v) is 3.82. The summed E-state index contributed by atoms with van der Waals surface area (Å²) in [5, 5.41) is 2.86.